The standard InChI is InChI=1S/C14H15F3N2O3/c1-7-2-3-19(6-12(7)20)14(22)13(21)18-11-5-9(16)8(15)4-10(11)17/h4-5,7,12,20H,2-3,6H2,1H3,(H,18,21). The molecule has 1 aliphatic rings. The SMILES string of the molecule is CC1CCN(C(=O)C(=O)Nc2cc(F)c(F)cc2F)CC1O. The molecular weight excluding hydrogens is 301 g/mol. The number of aliphatic hydroxyl groups excluding tert-OH is 1. The molecule has 0 radical (unpaired) electrons. The van der Waals surface area contributed by atoms with Gasteiger partial charge in [-0.05, 0) is 12.3 Å². The van der Waals surface area contributed by atoms with Crippen molar-refractivity contribution in [1.29, 1.82) is 0 Å². The fourth-order valence-corrected chi connectivity index (χ4v) is 2.17. The van der Waals surface area contributed by atoms with Crippen molar-refractivity contribution in [3.63, 3.8) is 0 Å². The van der Waals surface area contributed by atoms with Gasteiger partial charge in [-0.15, -0.1) is 0 Å². The molecule has 0 spiro atoms. The largest absolute Gasteiger partial charge is 0.391 e. The summed E-state index contributed by atoms with van der Waals surface area (Å²) in [5.41, 5.74) is -0.622. The van der Waals surface area contributed by atoms with Crippen molar-refractivity contribution in [2.45, 2.75) is 19.4 Å². The third-order valence-electron chi connectivity index (χ3n) is 3.66. The summed E-state index contributed by atoms with van der Waals surface area (Å²) in [6.07, 6.45) is -0.217. The van der Waals surface area contributed by atoms with E-state index in [1.54, 1.807) is 0 Å². The van der Waals surface area contributed by atoms with Crippen LogP contribution in [0.2, 0.25) is 0 Å². The Bertz CT molecular complexity index is 609. The zero-order valence-electron chi connectivity index (χ0n) is 11.8. The molecule has 120 valence electrons. The molecule has 22 heavy (non-hydrogen) atoms. The molecule has 1 aromatic carbocycles. The van der Waals surface area contributed by atoms with E-state index in [9.17, 15) is 27.9 Å². The van der Waals surface area contributed by atoms with Crippen molar-refractivity contribution in [3.8, 4) is 0 Å². The van der Waals surface area contributed by atoms with Crippen molar-refractivity contribution in [2.24, 2.45) is 5.92 Å². The molecule has 0 saturated carbocycles. The highest BCUT2D eigenvalue weighted by Gasteiger charge is 2.30. The van der Waals surface area contributed by atoms with Crippen molar-refractivity contribution in [2.75, 3.05) is 18.4 Å². The van der Waals surface area contributed by atoms with Crippen LogP contribution in [0.25, 0.3) is 0 Å². The van der Waals surface area contributed by atoms with Crippen molar-refractivity contribution < 1.29 is 27.9 Å². The summed E-state index contributed by atoms with van der Waals surface area (Å²) >= 11 is 0. The first-order chi connectivity index (χ1) is 10.3. The van der Waals surface area contributed by atoms with E-state index in [0.29, 0.717) is 12.5 Å². The number of hydrogen-bond acceptors (Lipinski definition) is 3. The number of benzene rings is 1. The number of aliphatic hydroxyl groups is 1. The molecule has 0 bridgehead atoms. The highest BCUT2D eigenvalue weighted by molar-refractivity contribution is 6.39. The second-order valence-corrected chi connectivity index (χ2v) is 5.28. The summed E-state index contributed by atoms with van der Waals surface area (Å²) in [6.45, 7) is 2.10. The lowest BCUT2D eigenvalue weighted by Crippen LogP contribution is -2.49. The van der Waals surface area contributed by atoms with E-state index in [1.165, 1.54) is 0 Å². The Kier molecular flexibility index (Phi) is 4.70. The first-order valence-corrected chi connectivity index (χ1v) is 6.72. The number of nitrogens with zero attached hydrogens (tertiary/aromatic N) is 1. The maximum atomic E-state index is 13.4. The number of amides is 2. The lowest BCUT2D eigenvalue weighted by atomic mass is 9.96. The van der Waals surface area contributed by atoms with Crippen molar-refractivity contribution in [3.05, 3.63) is 29.6 Å². The van der Waals surface area contributed by atoms with Crippen LogP contribution in [-0.2, 0) is 9.59 Å². The summed E-state index contributed by atoms with van der Waals surface area (Å²) in [5, 5.41) is 11.6. The fraction of sp³-hybridized carbons (Fsp3) is 0.429. The van der Waals surface area contributed by atoms with Crippen LogP contribution >= 0.6 is 0 Å². The van der Waals surface area contributed by atoms with Gasteiger partial charge >= 0.3 is 11.8 Å². The Morgan fingerprint density at radius 1 is 1.23 bits per heavy atom. The lowest BCUT2D eigenvalue weighted by molar-refractivity contribution is -0.146. The molecule has 1 aromatic rings. The van der Waals surface area contributed by atoms with Gasteiger partial charge in [-0.25, -0.2) is 13.2 Å². The maximum Gasteiger partial charge on any atom is 0.313 e. The predicted octanol–water partition coefficient (Wildman–Crippen LogP) is 1.27. The number of carbonyl (C=O) groups excluding carboxylic acids is 2. The number of anilines is 1. The minimum Gasteiger partial charge on any atom is -0.391 e. The Hall–Kier alpha value is -2.09. The zero-order chi connectivity index (χ0) is 16.4. The third-order valence-corrected chi connectivity index (χ3v) is 3.66. The van der Waals surface area contributed by atoms with Gasteiger partial charge in [0.15, 0.2) is 11.6 Å². The first-order valence-electron chi connectivity index (χ1n) is 6.72. The van der Waals surface area contributed by atoms with Gasteiger partial charge in [0.2, 0.25) is 0 Å². The van der Waals surface area contributed by atoms with Crippen LogP contribution in [0, 0.1) is 23.4 Å². The molecule has 1 heterocycles. The van der Waals surface area contributed by atoms with Gasteiger partial charge in [-0.2, -0.15) is 0 Å². The van der Waals surface area contributed by atoms with Crippen LogP contribution in [0.15, 0.2) is 12.1 Å². The molecule has 1 aliphatic heterocycles. The Morgan fingerprint density at radius 2 is 1.86 bits per heavy atom. The molecule has 2 N–H and O–H groups in total. The molecule has 0 aromatic heterocycles. The third kappa shape index (κ3) is 3.38. The predicted molar refractivity (Wildman–Crippen MR) is 71.3 cm³/mol. The maximum absolute atomic E-state index is 13.4. The summed E-state index contributed by atoms with van der Waals surface area (Å²) < 4.78 is 39.3. The van der Waals surface area contributed by atoms with E-state index in [1.807, 2.05) is 12.2 Å². The molecule has 0 aliphatic carbocycles. The number of carbonyl (C=O) groups is 2. The van der Waals surface area contributed by atoms with Gasteiger partial charge in [0, 0.05) is 25.2 Å². The second-order valence-electron chi connectivity index (χ2n) is 5.28. The number of β-amino-alcohol motifs (C(OH)–C–C–N with tert-alkyl or cyclic N) is 1. The minimum atomic E-state index is -1.39. The van der Waals surface area contributed by atoms with Gasteiger partial charge < -0.3 is 15.3 Å². The van der Waals surface area contributed by atoms with E-state index in [2.05, 4.69) is 0 Å². The Balaban J connectivity index is 2.06. The number of rotatable bonds is 1. The van der Waals surface area contributed by atoms with Gasteiger partial charge in [-0.3, -0.25) is 9.59 Å². The van der Waals surface area contributed by atoms with Gasteiger partial charge in [0.25, 0.3) is 0 Å². The van der Waals surface area contributed by atoms with Crippen LogP contribution in [-0.4, -0.2) is 41.0 Å². The van der Waals surface area contributed by atoms with E-state index in [-0.39, 0.29) is 25.1 Å². The van der Waals surface area contributed by atoms with Gasteiger partial charge in [0.1, 0.15) is 5.82 Å². The molecular formula is C14H15F3N2O3. The number of piperidine rings is 1. The van der Waals surface area contributed by atoms with Crippen LogP contribution in [0.5, 0.6) is 0 Å². The summed E-state index contributed by atoms with van der Waals surface area (Å²) in [6, 6.07) is 0.741. The summed E-state index contributed by atoms with van der Waals surface area (Å²) in [5.74, 6) is -6.05. The monoisotopic (exact) mass is 316 g/mol. The number of hydrogen-bond donors (Lipinski definition) is 2. The molecule has 1 saturated heterocycles. The van der Waals surface area contributed by atoms with E-state index < -0.39 is 41.1 Å². The number of likely N-dealkylation sites (tertiary alicyclic amines) is 1. The van der Waals surface area contributed by atoms with Gasteiger partial charge in [-0.1, -0.05) is 6.92 Å². The highest BCUT2D eigenvalue weighted by atomic mass is 19.2. The molecule has 2 amide bonds. The van der Waals surface area contributed by atoms with Crippen LogP contribution in [0.1, 0.15) is 13.3 Å². The van der Waals surface area contributed by atoms with Crippen LogP contribution in [0.3, 0.4) is 0 Å². The molecule has 8 heteroatoms. The van der Waals surface area contributed by atoms with Crippen molar-refractivity contribution >= 4 is 17.5 Å². The first kappa shape index (κ1) is 16.3. The Morgan fingerprint density at radius 3 is 2.50 bits per heavy atom. The molecule has 2 rings (SSSR count). The van der Waals surface area contributed by atoms with E-state index >= 15 is 0 Å². The summed E-state index contributed by atoms with van der Waals surface area (Å²) in [7, 11) is 0. The normalized spacial score (nSPS) is 21.6. The van der Waals surface area contributed by atoms with Crippen molar-refractivity contribution in [1.82, 2.24) is 4.90 Å². The minimum absolute atomic E-state index is 0.00627. The summed E-state index contributed by atoms with van der Waals surface area (Å²) in [4.78, 5) is 24.8. The Labute approximate surface area is 124 Å². The van der Waals surface area contributed by atoms with Crippen LogP contribution in [0.4, 0.5) is 18.9 Å². The quantitative estimate of drug-likeness (QED) is 0.605. The smallest absolute Gasteiger partial charge is 0.313 e. The zero-order valence-corrected chi connectivity index (χ0v) is 11.8. The molecule has 1 fully saturated rings. The number of nitrogens with one attached hydrogen (secondary N) is 1. The van der Waals surface area contributed by atoms with Crippen LogP contribution < -0.4 is 5.32 Å². The average molecular weight is 316 g/mol. The lowest BCUT2D eigenvalue weighted by Gasteiger charge is -2.33. The van der Waals surface area contributed by atoms with E-state index in [0.717, 1.165) is 4.90 Å². The second kappa shape index (κ2) is 6.35. The molecule has 2 atom stereocenters. The highest BCUT2D eigenvalue weighted by Crippen LogP contribution is 2.20. The topological polar surface area (TPSA) is 69.6 Å². The van der Waals surface area contributed by atoms with Gasteiger partial charge in [0.05, 0.1) is 11.8 Å². The van der Waals surface area contributed by atoms with E-state index in [4.69, 9.17) is 0 Å². The molecule has 5 nitrogen and oxygen atoms in total. The number of halogens is 3. The fourth-order valence-electron chi connectivity index (χ4n) is 2.17. The molecule has 2 unspecified atom stereocenters. The average Bonchev–Trinajstić information content (AvgIpc) is 2.46.